The molecule has 1 heterocycles. The zero-order valence-electron chi connectivity index (χ0n) is 12.9. The number of nitrogens with one attached hydrogen (secondary N) is 1. The topological polar surface area (TPSA) is 37.8 Å². The average molecular weight is 281 g/mol. The summed E-state index contributed by atoms with van der Waals surface area (Å²) in [5.41, 5.74) is 4.96. The molecule has 0 saturated heterocycles. The van der Waals surface area contributed by atoms with E-state index < -0.39 is 0 Å². The molecule has 0 atom stereocenters. The highest BCUT2D eigenvalue weighted by molar-refractivity contribution is 5.71. The summed E-state index contributed by atoms with van der Waals surface area (Å²) >= 11 is 0. The van der Waals surface area contributed by atoms with Crippen molar-refractivity contribution >= 4 is 5.82 Å². The molecule has 1 N–H and O–H groups in total. The lowest BCUT2D eigenvalue weighted by atomic mass is 9.77. The molecule has 3 rings (SSSR count). The van der Waals surface area contributed by atoms with Crippen LogP contribution in [0.15, 0.2) is 30.6 Å². The highest BCUT2D eigenvalue weighted by Gasteiger charge is 2.23. The smallest absolute Gasteiger partial charge is 0.132 e. The first-order valence-electron chi connectivity index (χ1n) is 7.96. The number of anilines is 1. The molecule has 0 unspecified atom stereocenters. The Bertz CT molecular complexity index is 618. The van der Waals surface area contributed by atoms with Gasteiger partial charge in [-0.05, 0) is 37.7 Å². The van der Waals surface area contributed by atoms with E-state index in [9.17, 15) is 0 Å². The molecule has 3 nitrogen and oxygen atoms in total. The minimum absolute atomic E-state index is 0.711. The van der Waals surface area contributed by atoms with E-state index in [0.717, 1.165) is 30.0 Å². The maximum atomic E-state index is 4.57. The molecule has 21 heavy (non-hydrogen) atoms. The monoisotopic (exact) mass is 281 g/mol. The van der Waals surface area contributed by atoms with Gasteiger partial charge in [-0.25, -0.2) is 9.97 Å². The van der Waals surface area contributed by atoms with E-state index in [1.807, 2.05) is 0 Å². The van der Waals surface area contributed by atoms with E-state index in [0.29, 0.717) is 5.92 Å². The predicted octanol–water partition coefficient (Wildman–Crippen LogP) is 4.54. The summed E-state index contributed by atoms with van der Waals surface area (Å²) in [6.45, 7) is 5.22. The van der Waals surface area contributed by atoms with Crippen LogP contribution in [-0.2, 0) is 0 Å². The van der Waals surface area contributed by atoms with Crippen LogP contribution in [0.2, 0.25) is 0 Å². The van der Waals surface area contributed by atoms with Gasteiger partial charge in [0.15, 0.2) is 0 Å². The molecule has 1 aromatic carbocycles. The van der Waals surface area contributed by atoms with Gasteiger partial charge in [-0.2, -0.15) is 0 Å². The summed E-state index contributed by atoms with van der Waals surface area (Å²) in [7, 11) is 0. The summed E-state index contributed by atoms with van der Waals surface area (Å²) in [4.78, 5) is 8.96. The third-order valence-corrected chi connectivity index (χ3v) is 4.39. The zero-order chi connectivity index (χ0) is 14.7. The van der Waals surface area contributed by atoms with Crippen LogP contribution < -0.4 is 5.32 Å². The quantitative estimate of drug-likeness (QED) is 0.874. The summed E-state index contributed by atoms with van der Waals surface area (Å²) in [5, 5.41) is 3.40. The largest absolute Gasteiger partial charge is 0.370 e. The molecule has 0 spiro atoms. The first-order valence-corrected chi connectivity index (χ1v) is 7.96. The van der Waals surface area contributed by atoms with Gasteiger partial charge in [-0.15, -0.1) is 0 Å². The van der Waals surface area contributed by atoms with Gasteiger partial charge < -0.3 is 5.32 Å². The van der Waals surface area contributed by atoms with Crippen LogP contribution in [0.4, 0.5) is 5.82 Å². The van der Waals surface area contributed by atoms with E-state index in [1.54, 1.807) is 6.33 Å². The molecular formula is C18H23N3. The number of rotatable bonds is 5. The summed E-state index contributed by atoms with van der Waals surface area (Å²) < 4.78 is 0. The Hall–Kier alpha value is -1.90. The Morgan fingerprint density at radius 1 is 1.19 bits per heavy atom. The lowest BCUT2D eigenvalue weighted by Crippen LogP contribution is -2.11. The fourth-order valence-corrected chi connectivity index (χ4v) is 2.93. The molecule has 0 amide bonds. The molecule has 110 valence electrons. The van der Waals surface area contributed by atoms with Crippen molar-refractivity contribution in [1.82, 2.24) is 9.97 Å². The predicted molar refractivity (Wildman–Crippen MR) is 87.6 cm³/mol. The van der Waals surface area contributed by atoms with Crippen LogP contribution >= 0.6 is 0 Å². The minimum atomic E-state index is 0.711. The van der Waals surface area contributed by atoms with Gasteiger partial charge in [0.25, 0.3) is 0 Å². The van der Waals surface area contributed by atoms with Crippen molar-refractivity contribution in [2.24, 2.45) is 0 Å². The Balaban J connectivity index is 2.00. The molecule has 0 aliphatic heterocycles. The summed E-state index contributed by atoms with van der Waals surface area (Å²) in [6, 6.07) is 8.72. The van der Waals surface area contributed by atoms with Crippen LogP contribution in [0.3, 0.4) is 0 Å². The zero-order valence-corrected chi connectivity index (χ0v) is 12.9. The standard InChI is InChI=1S/C18H23N3/c1-3-11-19-18-13(2)17(20-12-21-18)16-10-5-4-9-15(16)14-7-6-8-14/h4-5,9-10,12,14H,3,6-8,11H2,1-2H3,(H,19,20,21). The van der Waals surface area contributed by atoms with Crippen molar-refractivity contribution < 1.29 is 0 Å². The van der Waals surface area contributed by atoms with E-state index in [-0.39, 0.29) is 0 Å². The average Bonchev–Trinajstić information content (AvgIpc) is 2.45. The van der Waals surface area contributed by atoms with Gasteiger partial charge in [0, 0.05) is 17.7 Å². The second-order valence-corrected chi connectivity index (χ2v) is 5.84. The third kappa shape index (κ3) is 2.78. The maximum absolute atomic E-state index is 4.57. The normalized spacial score (nSPS) is 14.8. The summed E-state index contributed by atoms with van der Waals surface area (Å²) in [6.07, 6.45) is 6.74. The molecule has 0 radical (unpaired) electrons. The molecule has 1 fully saturated rings. The number of aromatic nitrogens is 2. The van der Waals surface area contributed by atoms with E-state index in [1.165, 1.54) is 30.4 Å². The van der Waals surface area contributed by atoms with Crippen LogP contribution in [0, 0.1) is 6.92 Å². The third-order valence-electron chi connectivity index (χ3n) is 4.39. The van der Waals surface area contributed by atoms with Crippen molar-refractivity contribution in [3.05, 3.63) is 41.7 Å². The molecule has 1 aliphatic carbocycles. The molecule has 0 bridgehead atoms. The molecule has 3 heteroatoms. The van der Waals surface area contributed by atoms with Crippen molar-refractivity contribution in [3.8, 4) is 11.3 Å². The van der Waals surface area contributed by atoms with Crippen LogP contribution in [-0.4, -0.2) is 16.5 Å². The molecule has 1 aliphatic rings. The maximum Gasteiger partial charge on any atom is 0.132 e. The second kappa shape index (κ2) is 6.25. The summed E-state index contributed by atoms with van der Waals surface area (Å²) in [5.74, 6) is 1.67. The number of nitrogens with zero attached hydrogens (tertiary/aromatic N) is 2. The SMILES string of the molecule is CCCNc1ncnc(-c2ccccc2C2CCC2)c1C. The molecule has 1 aromatic heterocycles. The van der Waals surface area contributed by atoms with E-state index >= 15 is 0 Å². The van der Waals surface area contributed by atoms with Gasteiger partial charge >= 0.3 is 0 Å². The highest BCUT2D eigenvalue weighted by Crippen LogP contribution is 2.41. The molecule has 2 aromatic rings. The Morgan fingerprint density at radius 2 is 2.00 bits per heavy atom. The fraction of sp³-hybridized carbons (Fsp3) is 0.444. The lowest BCUT2D eigenvalue weighted by Gasteiger charge is -2.28. The Kier molecular flexibility index (Phi) is 4.18. The second-order valence-electron chi connectivity index (χ2n) is 5.84. The highest BCUT2D eigenvalue weighted by atomic mass is 15.0. The first kappa shape index (κ1) is 14.1. The van der Waals surface area contributed by atoms with Gasteiger partial charge in [0.1, 0.15) is 12.1 Å². The van der Waals surface area contributed by atoms with E-state index in [4.69, 9.17) is 0 Å². The van der Waals surface area contributed by atoms with Gasteiger partial charge in [-0.1, -0.05) is 37.6 Å². The van der Waals surface area contributed by atoms with Crippen LogP contribution in [0.5, 0.6) is 0 Å². The lowest BCUT2D eigenvalue weighted by molar-refractivity contribution is 0.420. The number of benzene rings is 1. The number of hydrogen-bond acceptors (Lipinski definition) is 3. The van der Waals surface area contributed by atoms with Gasteiger partial charge in [0.2, 0.25) is 0 Å². The van der Waals surface area contributed by atoms with Crippen LogP contribution in [0.1, 0.15) is 49.7 Å². The van der Waals surface area contributed by atoms with Gasteiger partial charge in [0.05, 0.1) is 5.69 Å². The van der Waals surface area contributed by atoms with Crippen molar-refractivity contribution in [3.63, 3.8) is 0 Å². The van der Waals surface area contributed by atoms with Crippen molar-refractivity contribution in [2.45, 2.75) is 45.4 Å². The van der Waals surface area contributed by atoms with Crippen molar-refractivity contribution in [2.75, 3.05) is 11.9 Å². The van der Waals surface area contributed by atoms with Gasteiger partial charge in [-0.3, -0.25) is 0 Å². The first-order chi connectivity index (χ1) is 10.3. The van der Waals surface area contributed by atoms with Crippen molar-refractivity contribution in [1.29, 1.82) is 0 Å². The molecular weight excluding hydrogens is 258 g/mol. The number of hydrogen-bond donors (Lipinski definition) is 1. The minimum Gasteiger partial charge on any atom is -0.370 e. The Morgan fingerprint density at radius 3 is 2.71 bits per heavy atom. The molecule has 1 saturated carbocycles. The fourth-order valence-electron chi connectivity index (χ4n) is 2.93. The Labute approximate surface area is 126 Å². The van der Waals surface area contributed by atoms with Crippen LogP contribution in [0.25, 0.3) is 11.3 Å². The van der Waals surface area contributed by atoms with E-state index in [2.05, 4.69) is 53.4 Å².